The summed E-state index contributed by atoms with van der Waals surface area (Å²) in [6.45, 7) is 0.357. The summed E-state index contributed by atoms with van der Waals surface area (Å²) in [5.41, 5.74) is 6.30. The number of rotatable bonds is 4. The quantitative estimate of drug-likeness (QED) is 0.751. The molecule has 1 aromatic carbocycles. The highest BCUT2D eigenvalue weighted by atomic mass is 32.1. The van der Waals surface area contributed by atoms with Gasteiger partial charge in [-0.1, -0.05) is 12.2 Å². The molecule has 1 aromatic rings. The summed E-state index contributed by atoms with van der Waals surface area (Å²) in [4.78, 5) is 1.80. The first kappa shape index (κ1) is 11.9. The smallest absolute Gasteiger partial charge is 0.147 e. The number of benzene rings is 1. The van der Waals surface area contributed by atoms with E-state index >= 15 is 0 Å². The molecule has 0 aliphatic heterocycles. The summed E-state index contributed by atoms with van der Waals surface area (Å²) in [5.74, 6) is -0.392. The summed E-state index contributed by atoms with van der Waals surface area (Å²) in [5, 5.41) is 8.73. The van der Waals surface area contributed by atoms with E-state index in [1.54, 1.807) is 24.1 Å². The lowest BCUT2D eigenvalue weighted by molar-refractivity contribution is 0.304. The second kappa shape index (κ2) is 5.04. The van der Waals surface area contributed by atoms with E-state index in [0.717, 1.165) is 0 Å². The van der Waals surface area contributed by atoms with Gasteiger partial charge in [0.25, 0.3) is 0 Å². The fraction of sp³-hybridized carbons (Fsp3) is 0.300. The molecule has 0 unspecified atom stereocenters. The third kappa shape index (κ3) is 2.87. The van der Waals surface area contributed by atoms with Gasteiger partial charge < -0.3 is 15.7 Å². The zero-order chi connectivity index (χ0) is 11.4. The Kier molecular flexibility index (Phi) is 3.99. The molecule has 0 saturated carbocycles. The van der Waals surface area contributed by atoms with Crippen molar-refractivity contribution in [3.63, 3.8) is 0 Å². The lowest BCUT2D eigenvalue weighted by Crippen LogP contribution is -2.22. The minimum atomic E-state index is -0.392. The fourth-order valence-corrected chi connectivity index (χ4v) is 1.37. The SMILES string of the molecule is CN(CCO)c1ccc(C(N)=S)cc1F. The minimum absolute atomic E-state index is 0.0208. The summed E-state index contributed by atoms with van der Waals surface area (Å²) in [6.07, 6.45) is 0. The number of nitrogens with two attached hydrogens (primary N) is 1. The van der Waals surface area contributed by atoms with Crippen LogP contribution in [-0.4, -0.2) is 30.3 Å². The van der Waals surface area contributed by atoms with Crippen LogP contribution in [0.1, 0.15) is 5.56 Å². The van der Waals surface area contributed by atoms with Crippen molar-refractivity contribution in [2.75, 3.05) is 25.1 Å². The predicted octanol–water partition coefficient (Wildman–Crippen LogP) is 0.888. The van der Waals surface area contributed by atoms with Gasteiger partial charge in [0.15, 0.2) is 0 Å². The van der Waals surface area contributed by atoms with Crippen LogP contribution in [0.5, 0.6) is 0 Å². The molecule has 15 heavy (non-hydrogen) atoms. The molecule has 1 rings (SSSR count). The standard InChI is InChI=1S/C10H13FN2OS/c1-13(4-5-14)9-3-2-7(10(12)15)6-8(9)11/h2-3,6,14H,4-5H2,1H3,(H2,12,15). The van der Waals surface area contributed by atoms with Crippen LogP contribution in [0.4, 0.5) is 10.1 Å². The first-order chi connectivity index (χ1) is 7.06. The molecular weight excluding hydrogens is 215 g/mol. The van der Waals surface area contributed by atoms with Gasteiger partial charge in [0.05, 0.1) is 12.3 Å². The molecule has 3 nitrogen and oxygen atoms in total. The van der Waals surface area contributed by atoms with E-state index in [0.29, 0.717) is 17.8 Å². The van der Waals surface area contributed by atoms with Crippen molar-refractivity contribution in [2.45, 2.75) is 0 Å². The fourth-order valence-electron chi connectivity index (χ4n) is 1.24. The second-order valence-electron chi connectivity index (χ2n) is 3.18. The third-order valence-corrected chi connectivity index (χ3v) is 2.31. The Morgan fingerprint density at radius 3 is 2.73 bits per heavy atom. The van der Waals surface area contributed by atoms with Crippen LogP contribution in [0.15, 0.2) is 18.2 Å². The van der Waals surface area contributed by atoms with Crippen LogP contribution >= 0.6 is 12.2 Å². The lowest BCUT2D eigenvalue weighted by Gasteiger charge is -2.18. The second-order valence-corrected chi connectivity index (χ2v) is 3.62. The Morgan fingerprint density at radius 2 is 2.27 bits per heavy atom. The van der Waals surface area contributed by atoms with Crippen LogP contribution in [0.2, 0.25) is 0 Å². The number of nitrogens with zero attached hydrogens (tertiary/aromatic N) is 1. The Hall–Kier alpha value is -1.20. The molecule has 0 radical (unpaired) electrons. The van der Waals surface area contributed by atoms with Crippen molar-refractivity contribution < 1.29 is 9.50 Å². The number of thiocarbonyl (C=S) groups is 1. The van der Waals surface area contributed by atoms with Crippen LogP contribution in [0, 0.1) is 5.82 Å². The van der Waals surface area contributed by atoms with Crippen LogP contribution in [0.3, 0.4) is 0 Å². The lowest BCUT2D eigenvalue weighted by atomic mass is 10.2. The molecule has 0 aliphatic rings. The Labute approximate surface area is 93.3 Å². The van der Waals surface area contributed by atoms with Crippen LogP contribution in [-0.2, 0) is 0 Å². The monoisotopic (exact) mass is 228 g/mol. The maximum absolute atomic E-state index is 13.5. The van der Waals surface area contributed by atoms with Gasteiger partial charge in [-0.15, -0.1) is 0 Å². The normalized spacial score (nSPS) is 10.1. The predicted molar refractivity (Wildman–Crippen MR) is 62.6 cm³/mol. The first-order valence-electron chi connectivity index (χ1n) is 4.47. The van der Waals surface area contributed by atoms with E-state index in [9.17, 15) is 4.39 Å². The van der Waals surface area contributed by atoms with Gasteiger partial charge in [0.2, 0.25) is 0 Å². The van der Waals surface area contributed by atoms with E-state index in [1.807, 2.05) is 0 Å². The van der Waals surface area contributed by atoms with Gasteiger partial charge in [-0.3, -0.25) is 0 Å². The van der Waals surface area contributed by atoms with E-state index in [1.165, 1.54) is 6.07 Å². The highest BCUT2D eigenvalue weighted by Crippen LogP contribution is 2.19. The largest absolute Gasteiger partial charge is 0.395 e. The average Bonchev–Trinajstić information content (AvgIpc) is 2.17. The molecule has 82 valence electrons. The first-order valence-corrected chi connectivity index (χ1v) is 4.88. The molecule has 0 aromatic heterocycles. The Morgan fingerprint density at radius 1 is 1.60 bits per heavy atom. The highest BCUT2D eigenvalue weighted by molar-refractivity contribution is 7.80. The third-order valence-electron chi connectivity index (χ3n) is 2.08. The molecule has 0 atom stereocenters. The van der Waals surface area contributed by atoms with Crippen molar-refractivity contribution >= 4 is 22.9 Å². The molecule has 3 N–H and O–H groups in total. The molecule has 0 amide bonds. The van der Waals surface area contributed by atoms with Crippen molar-refractivity contribution in [2.24, 2.45) is 5.73 Å². The zero-order valence-electron chi connectivity index (χ0n) is 8.40. The Bertz CT molecular complexity index is 370. The number of hydrogen-bond acceptors (Lipinski definition) is 3. The molecule has 0 heterocycles. The number of likely N-dealkylation sites (N-methyl/N-ethyl adjacent to an activating group) is 1. The summed E-state index contributed by atoms with van der Waals surface area (Å²) < 4.78 is 13.5. The molecule has 0 fully saturated rings. The van der Waals surface area contributed by atoms with E-state index in [-0.39, 0.29) is 11.6 Å². The van der Waals surface area contributed by atoms with Crippen molar-refractivity contribution in [3.8, 4) is 0 Å². The topological polar surface area (TPSA) is 49.5 Å². The van der Waals surface area contributed by atoms with E-state index in [4.69, 9.17) is 23.1 Å². The van der Waals surface area contributed by atoms with Crippen LogP contribution < -0.4 is 10.6 Å². The number of hydrogen-bond donors (Lipinski definition) is 2. The zero-order valence-corrected chi connectivity index (χ0v) is 9.22. The van der Waals surface area contributed by atoms with Gasteiger partial charge in [-0.05, 0) is 18.2 Å². The van der Waals surface area contributed by atoms with Gasteiger partial charge in [-0.25, -0.2) is 4.39 Å². The number of anilines is 1. The van der Waals surface area contributed by atoms with Crippen molar-refractivity contribution in [3.05, 3.63) is 29.6 Å². The average molecular weight is 228 g/mol. The maximum Gasteiger partial charge on any atom is 0.147 e. The molecule has 0 spiro atoms. The Balaban J connectivity index is 2.97. The molecule has 0 aliphatic carbocycles. The van der Waals surface area contributed by atoms with E-state index in [2.05, 4.69) is 0 Å². The summed E-state index contributed by atoms with van der Waals surface area (Å²) in [7, 11) is 1.70. The minimum Gasteiger partial charge on any atom is -0.395 e. The number of aliphatic hydroxyl groups excluding tert-OH is 1. The van der Waals surface area contributed by atoms with Crippen molar-refractivity contribution in [1.29, 1.82) is 0 Å². The van der Waals surface area contributed by atoms with Gasteiger partial charge in [0.1, 0.15) is 10.8 Å². The maximum atomic E-state index is 13.5. The summed E-state index contributed by atoms with van der Waals surface area (Å²) in [6, 6.07) is 4.56. The number of aliphatic hydroxyl groups is 1. The van der Waals surface area contributed by atoms with Gasteiger partial charge in [-0.2, -0.15) is 0 Å². The van der Waals surface area contributed by atoms with E-state index < -0.39 is 5.82 Å². The number of halogens is 1. The molecule has 5 heteroatoms. The van der Waals surface area contributed by atoms with Gasteiger partial charge in [0, 0.05) is 19.2 Å². The van der Waals surface area contributed by atoms with Crippen LogP contribution in [0.25, 0.3) is 0 Å². The van der Waals surface area contributed by atoms with Crippen molar-refractivity contribution in [1.82, 2.24) is 0 Å². The molecular formula is C10H13FN2OS. The molecule has 0 saturated heterocycles. The molecule has 0 bridgehead atoms. The summed E-state index contributed by atoms with van der Waals surface area (Å²) >= 11 is 4.74. The van der Waals surface area contributed by atoms with Gasteiger partial charge >= 0.3 is 0 Å². The highest BCUT2D eigenvalue weighted by Gasteiger charge is 2.08.